The van der Waals surface area contributed by atoms with Gasteiger partial charge in [-0.15, -0.1) is 0 Å². The number of anilines is 2. The van der Waals surface area contributed by atoms with E-state index in [0.717, 1.165) is 26.2 Å². The molecular formula is C12H23N7O2. The summed E-state index contributed by atoms with van der Waals surface area (Å²) in [5.41, 5.74) is 2.44. The zero-order valence-electron chi connectivity index (χ0n) is 12.5. The number of β-amino-alcohol motifs (C(OH)–C–C–N with tert-alkyl or cyclic N) is 1. The summed E-state index contributed by atoms with van der Waals surface area (Å²) in [4.78, 5) is 16.9. The highest BCUT2D eigenvalue weighted by atomic mass is 16.5. The van der Waals surface area contributed by atoms with Crippen molar-refractivity contribution in [3.63, 3.8) is 0 Å². The van der Waals surface area contributed by atoms with Crippen LogP contribution in [0.25, 0.3) is 0 Å². The van der Waals surface area contributed by atoms with Gasteiger partial charge in [0.05, 0.1) is 12.7 Å². The van der Waals surface area contributed by atoms with Crippen LogP contribution in [0.3, 0.4) is 0 Å². The lowest BCUT2D eigenvalue weighted by Gasteiger charge is -2.34. The van der Waals surface area contributed by atoms with E-state index >= 15 is 0 Å². The molecule has 1 saturated heterocycles. The Bertz CT molecular complexity index is 449. The van der Waals surface area contributed by atoms with Crippen LogP contribution >= 0.6 is 0 Å². The predicted molar refractivity (Wildman–Crippen MR) is 79.1 cm³/mol. The molecule has 2 heterocycles. The van der Waals surface area contributed by atoms with Crippen LogP contribution in [0.15, 0.2) is 0 Å². The highest BCUT2D eigenvalue weighted by Gasteiger charge is 2.20. The van der Waals surface area contributed by atoms with E-state index in [0.29, 0.717) is 12.5 Å². The Hall–Kier alpha value is -1.71. The molecule has 9 heteroatoms. The Morgan fingerprint density at radius 3 is 2.52 bits per heavy atom. The highest BCUT2D eigenvalue weighted by molar-refractivity contribution is 5.38. The first-order valence-electron chi connectivity index (χ1n) is 7.10. The number of nitrogens with zero attached hydrogens (tertiary/aromatic N) is 5. The third-order valence-electron chi connectivity index (χ3n) is 3.14. The molecule has 0 spiro atoms. The van der Waals surface area contributed by atoms with Gasteiger partial charge in [-0.25, -0.2) is 5.84 Å². The molecule has 0 radical (unpaired) electrons. The molecule has 9 nitrogen and oxygen atoms in total. The summed E-state index contributed by atoms with van der Waals surface area (Å²) in [6.07, 6.45) is -0.0210. The zero-order valence-corrected chi connectivity index (χ0v) is 12.5. The van der Waals surface area contributed by atoms with Gasteiger partial charge in [-0.2, -0.15) is 15.0 Å². The van der Waals surface area contributed by atoms with Crippen molar-refractivity contribution in [1.82, 2.24) is 19.9 Å². The van der Waals surface area contributed by atoms with Gasteiger partial charge < -0.3 is 14.7 Å². The number of nitrogens with two attached hydrogens (primary N) is 1. The number of ether oxygens (including phenoxy) is 1. The van der Waals surface area contributed by atoms with E-state index in [4.69, 9.17) is 15.7 Å². The molecule has 1 aromatic rings. The van der Waals surface area contributed by atoms with Crippen molar-refractivity contribution in [2.45, 2.75) is 20.0 Å². The maximum atomic E-state index is 8.96. The lowest BCUT2D eigenvalue weighted by atomic mass is 10.3. The van der Waals surface area contributed by atoms with Gasteiger partial charge in [-0.3, -0.25) is 10.3 Å². The van der Waals surface area contributed by atoms with Crippen molar-refractivity contribution in [2.75, 3.05) is 49.7 Å². The minimum atomic E-state index is -0.0210. The summed E-state index contributed by atoms with van der Waals surface area (Å²) in [6, 6.07) is 0.265. The maximum Gasteiger partial charge on any atom is 0.323 e. The lowest BCUT2D eigenvalue weighted by Crippen LogP contribution is -2.47. The van der Waals surface area contributed by atoms with Crippen molar-refractivity contribution in [1.29, 1.82) is 0 Å². The third kappa shape index (κ3) is 4.38. The van der Waals surface area contributed by atoms with Crippen LogP contribution < -0.4 is 20.9 Å². The normalized spacial score (nSPS) is 16.3. The highest BCUT2D eigenvalue weighted by Crippen LogP contribution is 2.17. The first-order valence-corrected chi connectivity index (χ1v) is 7.10. The molecule has 1 aromatic heterocycles. The fourth-order valence-corrected chi connectivity index (χ4v) is 2.13. The van der Waals surface area contributed by atoms with E-state index in [9.17, 15) is 0 Å². The van der Waals surface area contributed by atoms with E-state index < -0.39 is 0 Å². The molecule has 1 aliphatic heterocycles. The van der Waals surface area contributed by atoms with Crippen LogP contribution in [0.4, 0.5) is 11.9 Å². The van der Waals surface area contributed by atoms with Crippen molar-refractivity contribution in [3.8, 4) is 6.01 Å². The number of aliphatic hydroxyl groups excluding tert-OH is 1. The van der Waals surface area contributed by atoms with Crippen LogP contribution in [0, 0.1) is 0 Å². The molecule has 0 amide bonds. The van der Waals surface area contributed by atoms with E-state index in [-0.39, 0.29) is 24.7 Å². The van der Waals surface area contributed by atoms with Crippen molar-refractivity contribution in [2.24, 2.45) is 5.84 Å². The second-order valence-corrected chi connectivity index (χ2v) is 5.10. The Kier molecular flexibility index (Phi) is 5.48. The lowest BCUT2D eigenvalue weighted by molar-refractivity contribution is 0.188. The summed E-state index contributed by atoms with van der Waals surface area (Å²) in [5.74, 6) is 6.24. The predicted octanol–water partition coefficient (Wildman–Crippen LogP) is -0.941. The molecule has 0 aliphatic carbocycles. The number of hydrogen-bond acceptors (Lipinski definition) is 9. The first kappa shape index (κ1) is 15.7. The molecule has 0 atom stereocenters. The van der Waals surface area contributed by atoms with Crippen LogP contribution in [-0.2, 0) is 0 Å². The summed E-state index contributed by atoms with van der Waals surface area (Å²) in [6.45, 7) is 7.99. The van der Waals surface area contributed by atoms with Gasteiger partial charge in [0.2, 0.25) is 11.9 Å². The summed E-state index contributed by atoms with van der Waals surface area (Å²) < 4.78 is 5.52. The Morgan fingerprint density at radius 1 is 1.24 bits per heavy atom. The molecule has 1 fully saturated rings. The molecule has 0 bridgehead atoms. The van der Waals surface area contributed by atoms with Gasteiger partial charge in [0.1, 0.15) is 0 Å². The van der Waals surface area contributed by atoms with E-state index in [1.165, 1.54) is 0 Å². The van der Waals surface area contributed by atoms with Gasteiger partial charge in [0.25, 0.3) is 0 Å². The van der Waals surface area contributed by atoms with E-state index in [1.807, 2.05) is 13.8 Å². The minimum absolute atomic E-state index is 0.0210. The largest absolute Gasteiger partial charge is 0.461 e. The number of hydrogen-bond donors (Lipinski definition) is 3. The van der Waals surface area contributed by atoms with Crippen molar-refractivity contribution in [3.05, 3.63) is 0 Å². The number of nitrogen functional groups attached to an aromatic ring is 1. The quantitative estimate of drug-likeness (QED) is 0.452. The number of rotatable bonds is 6. The number of piperazine rings is 1. The average molecular weight is 297 g/mol. The van der Waals surface area contributed by atoms with Gasteiger partial charge in [-0.1, -0.05) is 0 Å². The fraction of sp³-hybridized carbons (Fsp3) is 0.750. The zero-order chi connectivity index (χ0) is 15.2. The van der Waals surface area contributed by atoms with Crippen LogP contribution in [-0.4, -0.2) is 70.4 Å². The average Bonchev–Trinajstić information content (AvgIpc) is 2.47. The smallest absolute Gasteiger partial charge is 0.323 e. The maximum absolute atomic E-state index is 8.96. The Morgan fingerprint density at radius 2 is 1.95 bits per heavy atom. The fourth-order valence-electron chi connectivity index (χ4n) is 2.13. The molecule has 118 valence electrons. The van der Waals surface area contributed by atoms with Crippen LogP contribution in [0.1, 0.15) is 13.8 Å². The Balaban J connectivity index is 2.08. The van der Waals surface area contributed by atoms with Gasteiger partial charge in [0, 0.05) is 32.7 Å². The second kappa shape index (κ2) is 7.34. The van der Waals surface area contributed by atoms with Crippen molar-refractivity contribution >= 4 is 11.9 Å². The topological polar surface area (TPSA) is 113 Å². The standard InChI is InChI=1S/C12H23N7O2/c1-9(2)21-12-15-10(17-13)14-11(16-12)19-5-3-18(4-6-19)7-8-20/h9,20H,3-8,13H2,1-2H3,(H,14,15,16,17). The molecular weight excluding hydrogens is 274 g/mol. The first-order chi connectivity index (χ1) is 10.1. The molecule has 0 unspecified atom stereocenters. The molecule has 0 aromatic carbocycles. The minimum Gasteiger partial charge on any atom is -0.461 e. The monoisotopic (exact) mass is 297 g/mol. The van der Waals surface area contributed by atoms with Crippen LogP contribution in [0.2, 0.25) is 0 Å². The summed E-state index contributed by atoms with van der Waals surface area (Å²) in [5, 5.41) is 8.96. The third-order valence-corrected chi connectivity index (χ3v) is 3.14. The second-order valence-electron chi connectivity index (χ2n) is 5.10. The summed E-state index contributed by atoms with van der Waals surface area (Å²) in [7, 11) is 0. The van der Waals surface area contributed by atoms with Crippen LogP contribution in [0.5, 0.6) is 6.01 Å². The van der Waals surface area contributed by atoms with Gasteiger partial charge in [-0.05, 0) is 13.8 Å². The molecule has 0 saturated carbocycles. The number of aliphatic hydroxyl groups is 1. The number of aromatic nitrogens is 3. The number of hydrazine groups is 1. The van der Waals surface area contributed by atoms with Gasteiger partial charge in [0.15, 0.2) is 0 Å². The molecule has 21 heavy (non-hydrogen) atoms. The van der Waals surface area contributed by atoms with E-state index in [1.54, 1.807) is 0 Å². The summed E-state index contributed by atoms with van der Waals surface area (Å²) >= 11 is 0. The Labute approximate surface area is 124 Å². The SMILES string of the molecule is CC(C)Oc1nc(NN)nc(N2CCN(CCO)CC2)n1. The molecule has 2 rings (SSSR count). The van der Waals surface area contributed by atoms with Crippen molar-refractivity contribution < 1.29 is 9.84 Å². The van der Waals surface area contributed by atoms with Gasteiger partial charge >= 0.3 is 6.01 Å². The molecule has 4 N–H and O–H groups in total. The molecule has 1 aliphatic rings. The number of nitrogens with one attached hydrogen (secondary N) is 1. The van der Waals surface area contributed by atoms with E-state index in [2.05, 4.69) is 30.2 Å².